The third-order valence-electron chi connectivity index (χ3n) is 0.492. The van der Waals surface area contributed by atoms with Gasteiger partial charge >= 0.3 is 0 Å². The smallest absolute Gasteiger partial charge is 0.121 e. The summed E-state index contributed by atoms with van der Waals surface area (Å²) in [5.41, 5.74) is -0.922. The van der Waals surface area contributed by atoms with Crippen molar-refractivity contribution in [2.75, 3.05) is 13.7 Å². The molecule has 0 spiro atoms. The van der Waals surface area contributed by atoms with E-state index >= 15 is 0 Å². The van der Waals surface area contributed by atoms with Gasteiger partial charge in [0.25, 0.3) is 0 Å². The van der Waals surface area contributed by atoms with Crippen LogP contribution in [-0.4, -0.2) is 19.3 Å². The Morgan fingerprint density at radius 1 is 1.57 bits per heavy atom. The summed E-state index contributed by atoms with van der Waals surface area (Å²) < 4.78 is 4.59. The molecule has 2 nitrogen and oxygen atoms in total. The lowest BCUT2D eigenvalue weighted by Gasteiger charge is -2.10. The molecular formula is C5H11O2. The van der Waals surface area contributed by atoms with Gasteiger partial charge in [-0.3, -0.25) is 0 Å². The lowest BCUT2D eigenvalue weighted by Crippen LogP contribution is -2.23. The monoisotopic (exact) mass is 103 g/mol. The standard InChI is InChI=1S/C5H11O2/c1-5(2,6)4-7-3/h4H2,1-3H3. The molecule has 0 rings (SSSR count). The molecule has 0 atom stereocenters. The molecule has 0 amide bonds. The molecule has 0 N–H and O–H groups in total. The molecule has 0 aromatic carbocycles. The maximum Gasteiger partial charge on any atom is 0.121 e. The number of methoxy groups -OCH3 is 1. The SMILES string of the molecule is COCC(C)(C)[O]. The molecule has 2 heteroatoms. The van der Waals surface area contributed by atoms with Crippen LogP contribution in [-0.2, 0) is 9.84 Å². The van der Waals surface area contributed by atoms with Crippen molar-refractivity contribution in [3.63, 3.8) is 0 Å². The Labute approximate surface area is 44.1 Å². The van der Waals surface area contributed by atoms with Gasteiger partial charge < -0.3 is 4.74 Å². The second kappa shape index (κ2) is 2.28. The van der Waals surface area contributed by atoms with Gasteiger partial charge in [-0.1, -0.05) is 0 Å². The highest BCUT2D eigenvalue weighted by atomic mass is 16.5. The van der Waals surface area contributed by atoms with Gasteiger partial charge in [-0.25, -0.2) is 5.11 Å². The molecule has 7 heavy (non-hydrogen) atoms. The first-order valence-corrected chi connectivity index (χ1v) is 2.25. The van der Waals surface area contributed by atoms with Crippen molar-refractivity contribution in [1.29, 1.82) is 0 Å². The Hall–Kier alpha value is -0.0800. The fourth-order valence-corrected chi connectivity index (χ4v) is 0.348. The fraction of sp³-hybridized carbons (Fsp3) is 1.00. The first-order valence-electron chi connectivity index (χ1n) is 2.25. The summed E-state index contributed by atoms with van der Waals surface area (Å²) in [6.45, 7) is 3.47. The maximum absolute atomic E-state index is 10.6. The summed E-state index contributed by atoms with van der Waals surface area (Å²) in [5, 5.41) is 10.6. The largest absolute Gasteiger partial charge is 0.382 e. The highest BCUT2D eigenvalue weighted by molar-refractivity contribution is 4.60. The normalized spacial score (nSPS) is 12.0. The molecule has 0 heterocycles. The minimum atomic E-state index is -0.922. The Morgan fingerprint density at radius 3 is 2.00 bits per heavy atom. The lowest BCUT2D eigenvalue weighted by atomic mass is 10.2. The summed E-state index contributed by atoms with van der Waals surface area (Å²) >= 11 is 0. The van der Waals surface area contributed by atoms with Crippen LogP contribution in [0.2, 0.25) is 0 Å². The Balaban J connectivity index is 3.15. The first kappa shape index (κ1) is 6.92. The molecule has 0 fully saturated rings. The van der Waals surface area contributed by atoms with Crippen molar-refractivity contribution in [1.82, 2.24) is 0 Å². The zero-order valence-corrected chi connectivity index (χ0v) is 5.02. The van der Waals surface area contributed by atoms with E-state index in [0.717, 1.165) is 0 Å². The van der Waals surface area contributed by atoms with Crippen molar-refractivity contribution < 1.29 is 9.84 Å². The Kier molecular flexibility index (Phi) is 2.26. The minimum absolute atomic E-state index is 0.285. The zero-order chi connectivity index (χ0) is 5.91. The van der Waals surface area contributed by atoms with Gasteiger partial charge in [0.1, 0.15) is 5.60 Å². The third kappa shape index (κ3) is 5.92. The van der Waals surface area contributed by atoms with Crippen LogP contribution in [0, 0.1) is 0 Å². The highest BCUT2D eigenvalue weighted by Gasteiger charge is 2.12. The van der Waals surface area contributed by atoms with Crippen LogP contribution < -0.4 is 0 Å². The van der Waals surface area contributed by atoms with Gasteiger partial charge in [0.2, 0.25) is 0 Å². The number of hydrogen-bond acceptors (Lipinski definition) is 1. The van der Waals surface area contributed by atoms with Gasteiger partial charge in [0.15, 0.2) is 0 Å². The van der Waals surface area contributed by atoms with Crippen LogP contribution in [0.25, 0.3) is 0 Å². The molecule has 0 saturated heterocycles. The van der Waals surface area contributed by atoms with Gasteiger partial charge in [-0.15, -0.1) is 0 Å². The summed E-state index contributed by atoms with van der Waals surface area (Å²) in [5.74, 6) is 0. The fourth-order valence-electron chi connectivity index (χ4n) is 0.348. The molecule has 0 aliphatic rings. The topological polar surface area (TPSA) is 29.1 Å². The summed E-state index contributed by atoms with van der Waals surface area (Å²) in [4.78, 5) is 0. The predicted molar refractivity (Wildman–Crippen MR) is 26.6 cm³/mol. The van der Waals surface area contributed by atoms with Gasteiger partial charge in [0.05, 0.1) is 6.61 Å². The van der Waals surface area contributed by atoms with Gasteiger partial charge in [-0.2, -0.15) is 0 Å². The predicted octanol–water partition coefficient (Wildman–Crippen LogP) is 0.842. The first-order chi connectivity index (χ1) is 3.06. The van der Waals surface area contributed by atoms with Gasteiger partial charge in [-0.05, 0) is 13.8 Å². The van der Waals surface area contributed by atoms with Crippen molar-refractivity contribution in [3.8, 4) is 0 Å². The average molecular weight is 103 g/mol. The number of ether oxygens (including phenoxy) is 1. The number of rotatable bonds is 2. The van der Waals surface area contributed by atoms with E-state index in [1.54, 1.807) is 13.8 Å². The van der Waals surface area contributed by atoms with E-state index in [4.69, 9.17) is 0 Å². The van der Waals surface area contributed by atoms with E-state index in [2.05, 4.69) is 4.74 Å². The van der Waals surface area contributed by atoms with Crippen LogP contribution in [0.15, 0.2) is 0 Å². The zero-order valence-electron chi connectivity index (χ0n) is 5.02. The van der Waals surface area contributed by atoms with E-state index in [0.29, 0.717) is 0 Å². The molecule has 0 unspecified atom stereocenters. The molecule has 0 aliphatic carbocycles. The third-order valence-corrected chi connectivity index (χ3v) is 0.492. The van der Waals surface area contributed by atoms with Crippen molar-refractivity contribution in [3.05, 3.63) is 0 Å². The quantitative estimate of drug-likeness (QED) is 0.509. The molecule has 0 aromatic heterocycles. The molecule has 0 saturated carbocycles. The van der Waals surface area contributed by atoms with Crippen LogP contribution in [0.5, 0.6) is 0 Å². The average Bonchev–Trinajstić information content (AvgIpc) is 1.30. The molecule has 0 aliphatic heterocycles. The van der Waals surface area contributed by atoms with Crippen molar-refractivity contribution in [2.24, 2.45) is 0 Å². The molecule has 1 radical (unpaired) electrons. The molecule has 0 bridgehead atoms. The maximum atomic E-state index is 10.6. The van der Waals surface area contributed by atoms with E-state index in [1.165, 1.54) is 7.11 Å². The van der Waals surface area contributed by atoms with Crippen molar-refractivity contribution >= 4 is 0 Å². The number of hydrogen-bond donors (Lipinski definition) is 0. The molecule has 0 aromatic rings. The van der Waals surface area contributed by atoms with Crippen LogP contribution >= 0.6 is 0 Å². The summed E-state index contributed by atoms with van der Waals surface area (Å²) in [7, 11) is 1.53. The van der Waals surface area contributed by atoms with E-state index < -0.39 is 5.60 Å². The highest BCUT2D eigenvalue weighted by Crippen LogP contribution is 1.99. The Bertz CT molecular complexity index is 44.5. The van der Waals surface area contributed by atoms with E-state index in [9.17, 15) is 5.11 Å². The summed E-state index contributed by atoms with van der Waals surface area (Å²) in [6.07, 6.45) is 0. The van der Waals surface area contributed by atoms with E-state index in [1.807, 2.05) is 0 Å². The van der Waals surface area contributed by atoms with Crippen LogP contribution in [0.4, 0.5) is 0 Å². The Morgan fingerprint density at radius 2 is 2.00 bits per heavy atom. The van der Waals surface area contributed by atoms with Crippen molar-refractivity contribution in [2.45, 2.75) is 19.4 Å². The van der Waals surface area contributed by atoms with Gasteiger partial charge in [0, 0.05) is 7.11 Å². The van der Waals surface area contributed by atoms with E-state index in [-0.39, 0.29) is 6.61 Å². The molecule has 43 valence electrons. The summed E-state index contributed by atoms with van der Waals surface area (Å²) in [6, 6.07) is 0. The second-order valence-electron chi connectivity index (χ2n) is 2.19. The second-order valence-corrected chi connectivity index (χ2v) is 2.19. The lowest BCUT2D eigenvalue weighted by molar-refractivity contribution is -0.0533. The minimum Gasteiger partial charge on any atom is -0.382 e. The molecular weight excluding hydrogens is 92.1 g/mol. The van der Waals surface area contributed by atoms with Crippen LogP contribution in [0.1, 0.15) is 13.8 Å². The van der Waals surface area contributed by atoms with Crippen LogP contribution in [0.3, 0.4) is 0 Å².